The van der Waals surface area contributed by atoms with E-state index in [0.29, 0.717) is 30.9 Å². The number of aryl methyl sites for hydroxylation is 1. The second-order valence-corrected chi connectivity index (χ2v) is 14.1. The molecule has 9 heteroatoms. The van der Waals surface area contributed by atoms with Gasteiger partial charge in [0.1, 0.15) is 5.60 Å². The molecule has 1 atom stereocenters. The zero-order chi connectivity index (χ0) is 31.8. The molecule has 2 N–H and O–H groups in total. The number of nitrogens with zero attached hydrogens (tertiary/aromatic N) is 1. The third kappa shape index (κ3) is 11.1. The maximum absolute atomic E-state index is 13.0. The van der Waals surface area contributed by atoms with Gasteiger partial charge in [-0.1, -0.05) is 80.6 Å². The molecule has 43 heavy (non-hydrogen) atoms. The summed E-state index contributed by atoms with van der Waals surface area (Å²) in [6, 6.07) is 22.6. The molecule has 0 bridgehead atoms. The molecule has 0 aliphatic heterocycles. The smallest absolute Gasteiger partial charge is 0.410 e. The summed E-state index contributed by atoms with van der Waals surface area (Å²) in [6.45, 7) is 10.1. The molecule has 0 unspecified atom stereocenters. The molecule has 0 fully saturated rings. The lowest BCUT2D eigenvalue weighted by Crippen LogP contribution is -2.40. The minimum absolute atomic E-state index is 0.107. The molecule has 0 aliphatic rings. The number of sulfonamides is 1. The van der Waals surface area contributed by atoms with E-state index in [1.54, 1.807) is 6.07 Å². The first kappa shape index (κ1) is 33.8. The number of carbonyl (C=O) groups excluding carboxylic acids is 2. The average molecular weight is 609 g/mol. The summed E-state index contributed by atoms with van der Waals surface area (Å²) in [7, 11) is -3.68. The Morgan fingerprint density at radius 3 is 2.14 bits per heavy atom. The number of carbonyl (C=O) groups is 2. The van der Waals surface area contributed by atoms with Crippen molar-refractivity contribution in [2.24, 2.45) is 5.92 Å². The molecule has 2 amide bonds. The molecule has 0 radical (unpaired) electrons. The molecule has 0 spiro atoms. The van der Waals surface area contributed by atoms with E-state index in [-0.39, 0.29) is 6.54 Å². The fraction of sp³-hybridized carbons (Fsp3) is 0.412. The van der Waals surface area contributed by atoms with E-state index in [1.807, 2.05) is 87.5 Å². The van der Waals surface area contributed by atoms with Gasteiger partial charge in [-0.15, -0.1) is 0 Å². The number of hydrogen-bond donors (Lipinski definition) is 2. The summed E-state index contributed by atoms with van der Waals surface area (Å²) in [5.74, 6) is -0.210. The lowest BCUT2D eigenvalue weighted by molar-refractivity contribution is 0.0147. The highest BCUT2D eigenvalue weighted by molar-refractivity contribution is 7.89. The van der Waals surface area contributed by atoms with E-state index in [1.165, 1.54) is 4.90 Å². The minimum Gasteiger partial charge on any atom is -0.444 e. The van der Waals surface area contributed by atoms with Crippen LogP contribution in [0, 0.1) is 5.92 Å². The summed E-state index contributed by atoms with van der Waals surface area (Å²) < 4.78 is 31.0. The Labute approximate surface area is 256 Å². The second-order valence-electron chi connectivity index (χ2n) is 12.3. The summed E-state index contributed by atoms with van der Waals surface area (Å²) in [5, 5.41) is 10.8. The molecule has 3 rings (SSSR count). The second kappa shape index (κ2) is 14.7. The van der Waals surface area contributed by atoms with Gasteiger partial charge < -0.3 is 14.7 Å². The first-order valence-corrected chi connectivity index (χ1v) is 16.5. The van der Waals surface area contributed by atoms with Crippen LogP contribution in [0.15, 0.2) is 72.8 Å². The van der Waals surface area contributed by atoms with Gasteiger partial charge in [0.25, 0.3) is 5.91 Å². The molecule has 3 aromatic rings. The number of aliphatic hydroxyl groups is 1. The zero-order valence-electron chi connectivity index (χ0n) is 26.0. The van der Waals surface area contributed by atoms with E-state index in [9.17, 15) is 23.1 Å². The van der Waals surface area contributed by atoms with Crippen molar-refractivity contribution in [3.05, 3.63) is 95.1 Å². The largest absolute Gasteiger partial charge is 0.444 e. The highest BCUT2D eigenvalue weighted by Crippen LogP contribution is 2.26. The van der Waals surface area contributed by atoms with E-state index >= 15 is 0 Å². The molecular formula is C34H44N2O6S. The van der Waals surface area contributed by atoms with Gasteiger partial charge in [-0.2, -0.15) is 0 Å². The quantitative estimate of drug-likeness (QED) is 0.255. The van der Waals surface area contributed by atoms with Gasteiger partial charge in [0.2, 0.25) is 10.0 Å². The van der Waals surface area contributed by atoms with Crippen LogP contribution in [0.5, 0.6) is 0 Å². The van der Waals surface area contributed by atoms with E-state index in [4.69, 9.17) is 4.74 Å². The molecule has 8 nitrogen and oxygen atoms in total. The average Bonchev–Trinajstić information content (AvgIpc) is 2.92. The molecule has 0 aromatic heterocycles. The van der Waals surface area contributed by atoms with Crippen LogP contribution in [-0.2, 0) is 27.6 Å². The minimum atomic E-state index is -3.68. The predicted octanol–water partition coefficient (Wildman–Crippen LogP) is 6.14. The molecule has 0 saturated carbocycles. The first-order valence-electron chi connectivity index (χ1n) is 14.6. The van der Waals surface area contributed by atoms with Gasteiger partial charge >= 0.3 is 6.09 Å². The number of ether oxygens (including phenoxy) is 1. The Bertz CT molecular complexity index is 1480. The van der Waals surface area contributed by atoms with Crippen molar-refractivity contribution in [3.63, 3.8) is 0 Å². The van der Waals surface area contributed by atoms with Crippen molar-refractivity contribution in [3.8, 4) is 11.1 Å². The third-order valence-corrected chi connectivity index (χ3v) is 7.36. The van der Waals surface area contributed by atoms with Crippen LogP contribution in [-0.4, -0.2) is 55.4 Å². The molecular weight excluding hydrogens is 564 g/mol. The van der Waals surface area contributed by atoms with Crippen molar-refractivity contribution < 1.29 is 27.9 Å². The third-order valence-electron chi connectivity index (χ3n) is 6.81. The number of amides is 2. The van der Waals surface area contributed by atoms with Crippen LogP contribution in [0.2, 0.25) is 0 Å². The molecule has 0 saturated heterocycles. The molecule has 232 valence electrons. The van der Waals surface area contributed by atoms with Crippen molar-refractivity contribution in [1.82, 2.24) is 9.62 Å². The number of nitrogens with one attached hydrogen (secondary N) is 1. The van der Waals surface area contributed by atoms with Gasteiger partial charge in [-0.25, -0.2) is 17.9 Å². The fourth-order valence-electron chi connectivity index (χ4n) is 4.57. The summed E-state index contributed by atoms with van der Waals surface area (Å²) in [6.07, 6.45) is 1.70. The monoisotopic (exact) mass is 608 g/mol. The molecule has 0 aliphatic carbocycles. The predicted molar refractivity (Wildman–Crippen MR) is 170 cm³/mol. The standard InChI is InChI=1S/C34H44N2O6S/c1-24(2)12-15-29-22-28(18-19-30(29)32(38)35-43(6,40)41)26-16-13-25(14-17-26)20-21-36(33(39)42-34(3,4)5)23-31(37)27-10-8-7-9-11-27/h7-11,13-14,16-19,22,24,31,37H,12,15,20-21,23H2,1-6H3,(H,35,38)/t31-/m0/s1. The van der Waals surface area contributed by atoms with Gasteiger partial charge in [0.15, 0.2) is 0 Å². The first-order chi connectivity index (χ1) is 20.1. The van der Waals surface area contributed by atoms with Crippen LogP contribution in [0.1, 0.15) is 74.2 Å². The van der Waals surface area contributed by atoms with Crippen molar-refractivity contribution in [2.45, 2.75) is 65.6 Å². The Morgan fingerprint density at radius 2 is 1.56 bits per heavy atom. The van der Waals surface area contributed by atoms with Crippen LogP contribution >= 0.6 is 0 Å². The van der Waals surface area contributed by atoms with Crippen molar-refractivity contribution in [2.75, 3.05) is 19.3 Å². The summed E-state index contributed by atoms with van der Waals surface area (Å²) >= 11 is 0. The highest BCUT2D eigenvalue weighted by Gasteiger charge is 2.24. The molecule has 3 aromatic carbocycles. The normalized spacial score (nSPS) is 12.6. The number of hydrogen-bond acceptors (Lipinski definition) is 6. The Kier molecular flexibility index (Phi) is 11.5. The van der Waals surface area contributed by atoms with Crippen molar-refractivity contribution >= 4 is 22.0 Å². The highest BCUT2D eigenvalue weighted by atomic mass is 32.2. The Morgan fingerprint density at radius 1 is 0.930 bits per heavy atom. The lowest BCUT2D eigenvalue weighted by Gasteiger charge is -2.29. The van der Waals surface area contributed by atoms with E-state index < -0.39 is 33.7 Å². The topological polar surface area (TPSA) is 113 Å². The maximum atomic E-state index is 13.0. The number of aliphatic hydroxyl groups excluding tert-OH is 1. The van der Waals surface area contributed by atoms with Crippen LogP contribution in [0.25, 0.3) is 11.1 Å². The van der Waals surface area contributed by atoms with Crippen LogP contribution in [0.3, 0.4) is 0 Å². The van der Waals surface area contributed by atoms with Gasteiger partial charge in [0, 0.05) is 12.1 Å². The van der Waals surface area contributed by atoms with Gasteiger partial charge in [0.05, 0.1) is 18.9 Å². The number of benzene rings is 3. The van der Waals surface area contributed by atoms with Crippen LogP contribution in [0.4, 0.5) is 4.79 Å². The SMILES string of the molecule is CC(C)CCc1cc(-c2ccc(CCN(C[C@H](O)c3ccccc3)C(=O)OC(C)(C)C)cc2)ccc1C(=O)NS(C)(=O)=O. The van der Waals surface area contributed by atoms with Gasteiger partial charge in [-0.3, -0.25) is 4.79 Å². The fourth-order valence-corrected chi connectivity index (χ4v) is 5.02. The summed E-state index contributed by atoms with van der Waals surface area (Å²) in [4.78, 5) is 27.2. The molecule has 0 heterocycles. The summed E-state index contributed by atoms with van der Waals surface area (Å²) in [5.41, 5.74) is 4.09. The zero-order valence-corrected chi connectivity index (χ0v) is 26.8. The lowest BCUT2D eigenvalue weighted by atomic mass is 9.93. The van der Waals surface area contributed by atoms with E-state index in [2.05, 4.69) is 18.6 Å². The van der Waals surface area contributed by atoms with Gasteiger partial charge in [-0.05, 0) is 79.8 Å². The Balaban J connectivity index is 1.77. The van der Waals surface area contributed by atoms with Crippen molar-refractivity contribution in [1.29, 1.82) is 0 Å². The van der Waals surface area contributed by atoms with Crippen LogP contribution < -0.4 is 4.72 Å². The maximum Gasteiger partial charge on any atom is 0.410 e. The van der Waals surface area contributed by atoms with E-state index in [0.717, 1.165) is 40.5 Å². The number of rotatable bonds is 12. The Hall–Kier alpha value is -3.69.